The summed E-state index contributed by atoms with van der Waals surface area (Å²) in [5, 5.41) is 1.18. The number of piperidine rings is 1. The largest absolute Gasteiger partial charge is 0.383 e. The van der Waals surface area contributed by atoms with Gasteiger partial charge in [0.2, 0.25) is 5.95 Å². The van der Waals surface area contributed by atoms with E-state index in [1.807, 2.05) is 18.7 Å². The molecule has 5 heterocycles. The van der Waals surface area contributed by atoms with E-state index in [1.165, 1.54) is 24.4 Å². The third-order valence-corrected chi connectivity index (χ3v) is 8.13. The van der Waals surface area contributed by atoms with E-state index in [-0.39, 0.29) is 0 Å². The van der Waals surface area contributed by atoms with Gasteiger partial charge in [-0.2, -0.15) is 4.98 Å². The number of anilines is 3. The molecule has 2 aromatic heterocycles. The van der Waals surface area contributed by atoms with Gasteiger partial charge in [-0.3, -0.25) is 4.99 Å². The Kier molecular flexibility index (Phi) is 8.78. The van der Waals surface area contributed by atoms with Crippen LogP contribution in [0.1, 0.15) is 25.1 Å². The van der Waals surface area contributed by atoms with Crippen molar-refractivity contribution in [1.82, 2.24) is 24.8 Å². The molecule has 2 aromatic rings. The molecule has 0 spiro atoms. The molecule has 2 saturated heterocycles. The van der Waals surface area contributed by atoms with Gasteiger partial charge in [0.25, 0.3) is 0 Å². The minimum absolute atomic E-state index is 0.586. The molecule has 0 bridgehead atoms. The second kappa shape index (κ2) is 12.4. The van der Waals surface area contributed by atoms with Crippen molar-refractivity contribution >= 4 is 45.5 Å². The fourth-order valence-electron chi connectivity index (χ4n) is 5.11. The molecule has 0 aliphatic carbocycles. The number of amidine groups is 1. The zero-order chi connectivity index (χ0) is 25.6. The highest BCUT2D eigenvalue weighted by atomic mass is 32.2. The van der Waals surface area contributed by atoms with Gasteiger partial charge in [-0.05, 0) is 26.2 Å². The van der Waals surface area contributed by atoms with Gasteiger partial charge >= 0.3 is 0 Å². The van der Waals surface area contributed by atoms with Crippen molar-refractivity contribution in [1.29, 1.82) is 0 Å². The summed E-state index contributed by atoms with van der Waals surface area (Å²) < 4.78 is 10.8. The number of aliphatic imine (C=N–C) groups is 1. The number of rotatable bonds is 9. The van der Waals surface area contributed by atoms with Gasteiger partial charge in [-0.1, -0.05) is 11.8 Å². The highest BCUT2D eigenvalue weighted by molar-refractivity contribution is 8.14. The fraction of sp³-hybridized carbons (Fsp3) is 0.720. The summed E-state index contributed by atoms with van der Waals surface area (Å²) in [6.07, 6.45) is 3.61. The summed E-state index contributed by atoms with van der Waals surface area (Å²) in [6, 6.07) is 0. The molecule has 0 aromatic carbocycles. The first-order chi connectivity index (χ1) is 18.2. The summed E-state index contributed by atoms with van der Waals surface area (Å²) in [7, 11) is 3.44. The Morgan fingerprint density at radius 1 is 0.757 bits per heavy atom. The van der Waals surface area contributed by atoms with E-state index in [4.69, 9.17) is 29.4 Å². The maximum absolute atomic E-state index is 5.40. The molecule has 37 heavy (non-hydrogen) atoms. The second-order valence-electron chi connectivity index (χ2n) is 9.65. The summed E-state index contributed by atoms with van der Waals surface area (Å²) >= 11 is 1.87. The molecule has 3 aliphatic rings. The Bertz CT molecular complexity index is 1080. The minimum Gasteiger partial charge on any atom is -0.383 e. The SMILES string of the molecule is COCCN(CCOC)c1nc(N2CCN(C3=NCCS3)CC2)c2nc(C)nc(N3CCCCC3)c2n1. The lowest BCUT2D eigenvalue weighted by Gasteiger charge is -2.37. The fourth-order valence-corrected chi connectivity index (χ4v) is 6.02. The molecule has 0 amide bonds. The van der Waals surface area contributed by atoms with Crippen LogP contribution in [-0.2, 0) is 9.47 Å². The quantitative estimate of drug-likeness (QED) is 0.478. The topological polar surface area (TPSA) is 95.3 Å². The normalized spacial score (nSPS) is 18.6. The van der Waals surface area contributed by atoms with Crippen molar-refractivity contribution in [3.63, 3.8) is 0 Å². The van der Waals surface area contributed by atoms with Crippen molar-refractivity contribution < 1.29 is 9.47 Å². The summed E-state index contributed by atoms with van der Waals surface area (Å²) in [4.78, 5) is 34.1. The number of aryl methyl sites for hydroxylation is 1. The van der Waals surface area contributed by atoms with Crippen LogP contribution in [0.15, 0.2) is 4.99 Å². The van der Waals surface area contributed by atoms with Gasteiger partial charge in [-0.15, -0.1) is 0 Å². The third-order valence-electron chi connectivity index (χ3n) is 7.10. The number of nitrogens with zero attached hydrogens (tertiary/aromatic N) is 9. The average molecular weight is 530 g/mol. The Hall–Kier alpha value is -2.44. The maximum atomic E-state index is 5.40. The number of methoxy groups -OCH3 is 2. The van der Waals surface area contributed by atoms with Crippen LogP contribution < -0.4 is 14.7 Å². The van der Waals surface area contributed by atoms with Crippen LogP contribution in [-0.4, -0.2) is 122 Å². The van der Waals surface area contributed by atoms with Crippen LogP contribution in [0.2, 0.25) is 0 Å². The second-order valence-corrected chi connectivity index (χ2v) is 10.7. The number of hydrogen-bond acceptors (Lipinski definition) is 12. The summed E-state index contributed by atoms with van der Waals surface area (Å²) in [5.41, 5.74) is 1.68. The predicted octanol–water partition coefficient (Wildman–Crippen LogP) is 2.04. The zero-order valence-corrected chi connectivity index (χ0v) is 23.2. The van der Waals surface area contributed by atoms with E-state index in [0.29, 0.717) is 32.3 Å². The predicted molar refractivity (Wildman–Crippen MR) is 150 cm³/mol. The first kappa shape index (κ1) is 26.2. The van der Waals surface area contributed by atoms with Crippen LogP contribution >= 0.6 is 11.8 Å². The lowest BCUT2D eigenvalue weighted by molar-refractivity contribution is 0.189. The summed E-state index contributed by atoms with van der Waals surface area (Å²) in [5.74, 6) is 4.35. The van der Waals surface area contributed by atoms with E-state index in [1.54, 1.807) is 14.2 Å². The van der Waals surface area contributed by atoms with Gasteiger partial charge in [0.15, 0.2) is 16.8 Å². The van der Waals surface area contributed by atoms with Gasteiger partial charge in [-0.25, -0.2) is 15.0 Å². The first-order valence-corrected chi connectivity index (χ1v) is 14.4. The van der Waals surface area contributed by atoms with Crippen LogP contribution in [0.3, 0.4) is 0 Å². The number of ether oxygens (including phenoxy) is 2. The Labute approximate surface area is 223 Å². The van der Waals surface area contributed by atoms with E-state index in [0.717, 1.165) is 80.1 Å². The van der Waals surface area contributed by atoms with Gasteiger partial charge in [0.1, 0.15) is 16.9 Å². The number of fused-ring (bicyclic) bond motifs is 1. The number of hydrogen-bond donors (Lipinski definition) is 0. The molecular formula is C25H39N9O2S. The van der Waals surface area contributed by atoms with Crippen molar-refractivity contribution in [2.75, 3.05) is 107 Å². The Morgan fingerprint density at radius 2 is 1.38 bits per heavy atom. The molecule has 0 atom stereocenters. The highest BCUT2D eigenvalue weighted by Crippen LogP contribution is 2.33. The molecule has 5 rings (SSSR count). The van der Waals surface area contributed by atoms with Gasteiger partial charge < -0.3 is 29.1 Å². The molecule has 12 heteroatoms. The van der Waals surface area contributed by atoms with E-state index < -0.39 is 0 Å². The van der Waals surface area contributed by atoms with Crippen molar-refractivity contribution in [3.8, 4) is 0 Å². The van der Waals surface area contributed by atoms with E-state index in [2.05, 4.69) is 24.6 Å². The van der Waals surface area contributed by atoms with Crippen LogP contribution in [0.25, 0.3) is 11.0 Å². The standard InChI is InChI=1S/C25H39N9O2S/c1-19-27-20-21(22(28-19)31-8-5-4-6-9-31)29-24(33(14-16-35-2)15-17-36-3)30-23(20)32-10-12-34(13-11-32)25-26-7-18-37-25/h4-18H2,1-3H3. The van der Waals surface area contributed by atoms with Gasteiger partial charge in [0.05, 0.1) is 19.8 Å². The smallest absolute Gasteiger partial charge is 0.228 e. The highest BCUT2D eigenvalue weighted by Gasteiger charge is 2.28. The van der Waals surface area contributed by atoms with Crippen LogP contribution in [0.4, 0.5) is 17.6 Å². The summed E-state index contributed by atoms with van der Waals surface area (Å²) in [6.45, 7) is 11.0. The maximum Gasteiger partial charge on any atom is 0.228 e. The molecule has 3 aliphatic heterocycles. The van der Waals surface area contributed by atoms with Crippen molar-refractivity contribution in [2.45, 2.75) is 26.2 Å². The molecule has 0 N–H and O–H groups in total. The number of piperazine rings is 1. The first-order valence-electron chi connectivity index (χ1n) is 13.4. The monoisotopic (exact) mass is 529 g/mol. The van der Waals surface area contributed by atoms with Gasteiger partial charge in [0, 0.05) is 72.3 Å². The van der Waals surface area contributed by atoms with Crippen molar-refractivity contribution in [3.05, 3.63) is 5.82 Å². The molecule has 202 valence electrons. The van der Waals surface area contributed by atoms with Crippen molar-refractivity contribution in [2.24, 2.45) is 4.99 Å². The molecule has 0 radical (unpaired) electrons. The van der Waals surface area contributed by atoms with E-state index >= 15 is 0 Å². The molecular weight excluding hydrogens is 490 g/mol. The molecule has 11 nitrogen and oxygen atoms in total. The van der Waals surface area contributed by atoms with E-state index in [9.17, 15) is 0 Å². The Balaban J connectivity index is 1.55. The molecule has 0 unspecified atom stereocenters. The number of thioether (sulfide) groups is 1. The van der Waals surface area contributed by atoms with Crippen LogP contribution in [0, 0.1) is 6.92 Å². The Morgan fingerprint density at radius 3 is 2.03 bits per heavy atom. The van der Waals surface area contributed by atoms with Crippen LogP contribution in [0.5, 0.6) is 0 Å². The zero-order valence-electron chi connectivity index (χ0n) is 22.4. The lowest BCUT2D eigenvalue weighted by Crippen LogP contribution is -2.48. The lowest BCUT2D eigenvalue weighted by atomic mass is 10.1. The number of aromatic nitrogens is 4. The minimum atomic E-state index is 0.586. The molecule has 2 fully saturated rings. The molecule has 0 saturated carbocycles. The average Bonchev–Trinajstić information content (AvgIpc) is 3.48. The third kappa shape index (κ3) is 6.01.